The molecular weight excluding hydrogens is 168 g/mol. The second-order valence-corrected chi connectivity index (χ2v) is 1.71. The molecule has 0 rings (SSSR count). The minimum absolute atomic E-state index is 0. The lowest BCUT2D eigenvalue weighted by Gasteiger charge is -1.97. The van der Waals surface area contributed by atoms with Crippen molar-refractivity contribution in [2.24, 2.45) is 10.8 Å². The molecule has 0 aliphatic heterocycles. The van der Waals surface area contributed by atoms with E-state index in [4.69, 9.17) is 16.0 Å². The highest BCUT2D eigenvalue weighted by Gasteiger charge is 1.84. The maximum Gasteiger partial charge on any atom is 0.0522 e. The first-order chi connectivity index (χ1) is 4.91. The lowest BCUT2D eigenvalue weighted by atomic mass is 10.5. The van der Waals surface area contributed by atoms with Gasteiger partial charge < -0.3 is 10.5 Å². The highest BCUT2D eigenvalue weighted by atomic mass is 35.5. The van der Waals surface area contributed by atoms with Crippen LogP contribution in [-0.4, -0.2) is 26.3 Å². The zero-order valence-corrected chi connectivity index (χ0v) is 7.09. The fourth-order valence-electron chi connectivity index (χ4n) is 0.438. The van der Waals surface area contributed by atoms with Crippen LogP contribution in [0.1, 0.15) is 6.42 Å². The summed E-state index contributed by atoms with van der Waals surface area (Å²) in [7, 11) is 0. The fourth-order valence-corrected chi connectivity index (χ4v) is 0.438. The van der Waals surface area contributed by atoms with Gasteiger partial charge in [-0.1, -0.05) is 5.11 Å². The normalized spacial score (nSPS) is 8.09. The van der Waals surface area contributed by atoms with Crippen molar-refractivity contribution < 1.29 is 4.74 Å². The van der Waals surface area contributed by atoms with Crippen molar-refractivity contribution in [1.82, 2.24) is 0 Å². The van der Waals surface area contributed by atoms with E-state index in [2.05, 4.69) is 10.0 Å². The van der Waals surface area contributed by atoms with Crippen molar-refractivity contribution in [2.45, 2.75) is 6.42 Å². The predicted molar refractivity (Wildman–Crippen MR) is 45.8 cm³/mol. The maximum atomic E-state index is 7.85. The fraction of sp³-hybridized carbons (Fsp3) is 1.00. The zero-order chi connectivity index (χ0) is 7.66. The lowest BCUT2D eigenvalue weighted by molar-refractivity contribution is 0.140. The van der Waals surface area contributed by atoms with Crippen molar-refractivity contribution in [2.75, 3.05) is 26.3 Å². The Labute approximate surface area is 71.9 Å². The van der Waals surface area contributed by atoms with E-state index in [1.165, 1.54) is 0 Å². The van der Waals surface area contributed by atoms with E-state index in [-0.39, 0.29) is 12.4 Å². The standard InChI is InChI=1S/C5H12N4O.ClH/c6-2-1-4-10-5-3-8-9-7;/h1-6H2;1H. The van der Waals surface area contributed by atoms with Gasteiger partial charge in [0.25, 0.3) is 0 Å². The summed E-state index contributed by atoms with van der Waals surface area (Å²) < 4.78 is 5.03. The van der Waals surface area contributed by atoms with Crippen LogP contribution < -0.4 is 5.73 Å². The minimum atomic E-state index is 0. The van der Waals surface area contributed by atoms with E-state index in [1.54, 1.807) is 0 Å². The molecule has 0 aromatic carbocycles. The van der Waals surface area contributed by atoms with Gasteiger partial charge in [0.1, 0.15) is 0 Å². The minimum Gasteiger partial charge on any atom is -0.381 e. The highest BCUT2D eigenvalue weighted by molar-refractivity contribution is 5.85. The Morgan fingerprint density at radius 3 is 2.73 bits per heavy atom. The predicted octanol–water partition coefficient (Wildman–Crippen LogP) is 1.08. The Morgan fingerprint density at radius 2 is 2.18 bits per heavy atom. The van der Waals surface area contributed by atoms with Crippen molar-refractivity contribution in [1.29, 1.82) is 0 Å². The van der Waals surface area contributed by atoms with Crippen molar-refractivity contribution >= 4 is 12.4 Å². The molecule has 0 aliphatic carbocycles. The van der Waals surface area contributed by atoms with Gasteiger partial charge in [-0.3, -0.25) is 0 Å². The number of nitrogens with two attached hydrogens (primary N) is 1. The SMILES string of the molecule is Cl.[N-]=[N+]=NCCOCCCN. The van der Waals surface area contributed by atoms with Crippen molar-refractivity contribution in [3.63, 3.8) is 0 Å². The van der Waals surface area contributed by atoms with Crippen molar-refractivity contribution in [3.8, 4) is 0 Å². The Kier molecular flexibility index (Phi) is 14.6. The molecule has 0 amide bonds. The molecule has 66 valence electrons. The molecule has 0 unspecified atom stereocenters. The molecule has 0 atom stereocenters. The van der Waals surface area contributed by atoms with E-state index in [0.29, 0.717) is 26.3 Å². The first-order valence-electron chi connectivity index (χ1n) is 3.20. The van der Waals surface area contributed by atoms with Gasteiger partial charge in [-0.15, -0.1) is 12.4 Å². The van der Waals surface area contributed by atoms with Crippen LogP contribution in [0.2, 0.25) is 0 Å². The largest absolute Gasteiger partial charge is 0.381 e. The van der Waals surface area contributed by atoms with Gasteiger partial charge in [-0.05, 0) is 18.5 Å². The number of ether oxygens (including phenoxy) is 1. The Hall–Kier alpha value is -0.480. The van der Waals surface area contributed by atoms with Crippen molar-refractivity contribution in [3.05, 3.63) is 10.4 Å². The van der Waals surface area contributed by atoms with Crippen LogP contribution in [0.25, 0.3) is 10.4 Å². The highest BCUT2D eigenvalue weighted by Crippen LogP contribution is 1.80. The molecule has 0 heterocycles. The summed E-state index contributed by atoms with van der Waals surface area (Å²) >= 11 is 0. The summed E-state index contributed by atoms with van der Waals surface area (Å²) in [5.41, 5.74) is 13.1. The average molecular weight is 181 g/mol. The van der Waals surface area contributed by atoms with Crippen LogP contribution in [0, 0.1) is 0 Å². The molecule has 11 heavy (non-hydrogen) atoms. The van der Waals surface area contributed by atoms with Gasteiger partial charge in [-0.25, -0.2) is 0 Å². The molecule has 0 aliphatic rings. The summed E-state index contributed by atoms with van der Waals surface area (Å²) in [5.74, 6) is 0. The molecule has 0 aromatic heterocycles. The Morgan fingerprint density at radius 1 is 1.45 bits per heavy atom. The lowest BCUT2D eigenvalue weighted by Crippen LogP contribution is -2.05. The summed E-state index contributed by atoms with van der Waals surface area (Å²) in [4.78, 5) is 2.57. The first kappa shape index (κ1) is 13.1. The maximum absolute atomic E-state index is 7.85. The van der Waals surface area contributed by atoms with Gasteiger partial charge in [-0.2, -0.15) is 0 Å². The molecule has 0 saturated carbocycles. The Bertz CT molecular complexity index is 115. The first-order valence-corrected chi connectivity index (χ1v) is 3.20. The van der Waals surface area contributed by atoms with E-state index in [0.717, 1.165) is 6.42 Å². The van der Waals surface area contributed by atoms with Gasteiger partial charge >= 0.3 is 0 Å². The van der Waals surface area contributed by atoms with Gasteiger partial charge in [0.05, 0.1) is 6.61 Å². The number of halogens is 1. The second-order valence-electron chi connectivity index (χ2n) is 1.71. The van der Waals surface area contributed by atoms with Gasteiger partial charge in [0, 0.05) is 18.1 Å². The molecule has 0 radical (unpaired) electrons. The second kappa shape index (κ2) is 12.2. The van der Waals surface area contributed by atoms with E-state index < -0.39 is 0 Å². The van der Waals surface area contributed by atoms with E-state index >= 15 is 0 Å². The van der Waals surface area contributed by atoms with Crippen LogP contribution in [0.5, 0.6) is 0 Å². The van der Waals surface area contributed by atoms with Crippen LogP contribution in [0.3, 0.4) is 0 Å². The summed E-state index contributed by atoms with van der Waals surface area (Å²) in [6.07, 6.45) is 0.857. The van der Waals surface area contributed by atoms with Crippen LogP contribution in [0.15, 0.2) is 5.11 Å². The molecule has 0 spiro atoms. The molecule has 0 aromatic rings. The zero-order valence-electron chi connectivity index (χ0n) is 6.27. The topological polar surface area (TPSA) is 84.0 Å². The summed E-state index contributed by atoms with van der Waals surface area (Å²) in [6, 6.07) is 0. The molecular formula is C5H13ClN4O. The Balaban J connectivity index is 0. The van der Waals surface area contributed by atoms with E-state index in [1.807, 2.05) is 0 Å². The molecule has 0 bridgehead atoms. The monoisotopic (exact) mass is 180 g/mol. The average Bonchev–Trinajstić information content (AvgIpc) is 1.97. The van der Waals surface area contributed by atoms with Crippen LogP contribution in [-0.2, 0) is 4.74 Å². The smallest absolute Gasteiger partial charge is 0.0522 e. The third-order valence-corrected chi connectivity index (χ3v) is 0.892. The van der Waals surface area contributed by atoms with Crippen LogP contribution in [0.4, 0.5) is 0 Å². The number of hydrogen-bond acceptors (Lipinski definition) is 3. The molecule has 5 nitrogen and oxygen atoms in total. The van der Waals surface area contributed by atoms with Crippen LogP contribution >= 0.6 is 12.4 Å². The number of rotatable bonds is 6. The summed E-state index contributed by atoms with van der Waals surface area (Å²) in [6.45, 7) is 2.18. The molecule has 0 fully saturated rings. The van der Waals surface area contributed by atoms with Gasteiger partial charge in [0.15, 0.2) is 0 Å². The molecule has 6 heteroatoms. The molecule has 0 saturated heterocycles. The number of hydrogen-bond donors (Lipinski definition) is 1. The summed E-state index contributed by atoms with van der Waals surface area (Å²) in [5, 5.41) is 3.29. The van der Waals surface area contributed by atoms with E-state index in [9.17, 15) is 0 Å². The third-order valence-electron chi connectivity index (χ3n) is 0.892. The third kappa shape index (κ3) is 12.7. The van der Waals surface area contributed by atoms with Gasteiger partial charge in [0.2, 0.25) is 0 Å². The number of nitrogens with zero attached hydrogens (tertiary/aromatic N) is 3. The molecule has 2 N–H and O–H groups in total. The quantitative estimate of drug-likeness (QED) is 0.287. The number of azide groups is 1.